The molecule has 4 heteroatoms. The van der Waals surface area contributed by atoms with Gasteiger partial charge in [0.1, 0.15) is 0 Å². The molecule has 0 aromatic carbocycles. The Bertz CT molecular complexity index is 373. The Labute approximate surface area is 108 Å². The first-order valence-corrected chi connectivity index (χ1v) is 7.46. The van der Waals surface area contributed by atoms with E-state index < -0.39 is 0 Å². The highest BCUT2D eigenvalue weighted by atomic mass is 16.1. The maximum atomic E-state index is 11.3. The third-order valence-corrected chi connectivity index (χ3v) is 5.87. The Balaban J connectivity index is 1.38. The predicted octanol–water partition coefficient (Wildman–Crippen LogP) is 0.324. The summed E-state index contributed by atoms with van der Waals surface area (Å²) in [7, 11) is 0. The van der Waals surface area contributed by atoms with Crippen LogP contribution in [-0.4, -0.2) is 42.0 Å². The van der Waals surface area contributed by atoms with Crippen molar-refractivity contribution in [3.8, 4) is 0 Å². The Morgan fingerprint density at radius 2 is 2.06 bits per heavy atom. The summed E-state index contributed by atoms with van der Waals surface area (Å²) in [5.41, 5.74) is 5.66. The molecule has 0 bridgehead atoms. The summed E-state index contributed by atoms with van der Waals surface area (Å²) in [6, 6.07) is -0.0640. The van der Waals surface area contributed by atoms with E-state index >= 15 is 0 Å². The van der Waals surface area contributed by atoms with Gasteiger partial charge in [0.05, 0.1) is 6.04 Å². The summed E-state index contributed by atoms with van der Waals surface area (Å²) in [6.07, 6.45) is 6.54. The topological polar surface area (TPSA) is 58.4 Å². The van der Waals surface area contributed by atoms with E-state index in [0.717, 1.165) is 24.8 Å². The largest absolute Gasteiger partial charge is 0.368 e. The molecule has 0 radical (unpaired) electrons. The van der Waals surface area contributed by atoms with Crippen LogP contribution >= 0.6 is 0 Å². The molecule has 4 rings (SSSR count). The molecule has 2 saturated heterocycles. The first kappa shape index (κ1) is 11.2. The lowest BCUT2D eigenvalue weighted by Gasteiger charge is -2.24. The molecule has 2 heterocycles. The molecule has 4 nitrogen and oxygen atoms in total. The first-order chi connectivity index (χ1) is 8.66. The van der Waals surface area contributed by atoms with Crippen LogP contribution in [0.1, 0.15) is 32.1 Å². The van der Waals surface area contributed by atoms with Crippen molar-refractivity contribution in [3.63, 3.8) is 0 Å². The highest BCUT2D eigenvalue weighted by molar-refractivity contribution is 5.80. The van der Waals surface area contributed by atoms with Crippen LogP contribution in [0.3, 0.4) is 0 Å². The quantitative estimate of drug-likeness (QED) is 0.757. The minimum atomic E-state index is -0.167. The normalized spacial score (nSPS) is 50.2. The van der Waals surface area contributed by atoms with E-state index in [4.69, 9.17) is 5.73 Å². The van der Waals surface area contributed by atoms with Crippen LogP contribution in [-0.2, 0) is 4.79 Å². The Morgan fingerprint density at radius 3 is 2.67 bits per heavy atom. The van der Waals surface area contributed by atoms with Crippen molar-refractivity contribution in [3.05, 3.63) is 0 Å². The zero-order valence-corrected chi connectivity index (χ0v) is 10.9. The van der Waals surface area contributed by atoms with Crippen LogP contribution < -0.4 is 11.1 Å². The van der Waals surface area contributed by atoms with Gasteiger partial charge in [0, 0.05) is 25.2 Å². The average molecular weight is 249 g/mol. The van der Waals surface area contributed by atoms with E-state index in [1.54, 1.807) is 0 Å². The lowest BCUT2D eigenvalue weighted by molar-refractivity contribution is -0.120. The molecule has 2 saturated carbocycles. The number of fused-ring (bicyclic) bond motifs is 2. The summed E-state index contributed by atoms with van der Waals surface area (Å²) in [4.78, 5) is 13.9. The van der Waals surface area contributed by atoms with Gasteiger partial charge in [-0.3, -0.25) is 10.1 Å². The molecule has 0 aromatic heterocycles. The lowest BCUT2D eigenvalue weighted by atomic mass is 10.0. The average Bonchev–Trinajstić information content (AvgIpc) is 2.73. The van der Waals surface area contributed by atoms with Crippen molar-refractivity contribution in [1.29, 1.82) is 0 Å². The Morgan fingerprint density at radius 1 is 1.33 bits per heavy atom. The van der Waals surface area contributed by atoms with Gasteiger partial charge in [0.2, 0.25) is 5.91 Å². The summed E-state index contributed by atoms with van der Waals surface area (Å²) < 4.78 is 0. The molecule has 100 valence electrons. The fourth-order valence-electron chi connectivity index (χ4n) is 4.84. The minimum absolute atomic E-state index is 0.0640. The van der Waals surface area contributed by atoms with Crippen LogP contribution in [0.25, 0.3) is 0 Å². The summed E-state index contributed by atoms with van der Waals surface area (Å²) in [5.74, 6) is 2.47. The summed E-state index contributed by atoms with van der Waals surface area (Å²) >= 11 is 0. The number of amides is 1. The van der Waals surface area contributed by atoms with Crippen molar-refractivity contribution in [2.24, 2.45) is 23.5 Å². The zero-order valence-electron chi connectivity index (χ0n) is 10.9. The van der Waals surface area contributed by atoms with Crippen LogP contribution in [0.15, 0.2) is 0 Å². The van der Waals surface area contributed by atoms with Crippen LogP contribution in [0.5, 0.6) is 0 Å². The molecule has 3 unspecified atom stereocenters. The third-order valence-electron chi connectivity index (χ3n) is 5.87. The number of primary amides is 1. The van der Waals surface area contributed by atoms with Crippen molar-refractivity contribution in [2.75, 3.05) is 19.6 Å². The molecule has 2 aliphatic carbocycles. The number of nitrogens with zero attached hydrogens (tertiary/aromatic N) is 1. The van der Waals surface area contributed by atoms with Crippen molar-refractivity contribution < 1.29 is 4.79 Å². The molecule has 4 aliphatic rings. The van der Waals surface area contributed by atoms with E-state index in [1.165, 1.54) is 38.8 Å². The number of carbonyl (C=O) groups excluding carboxylic acids is 1. The SMILES string of the molecule is NC(=O)C1CC2CC2(CN2C[C@H]3CCC[C@H]3C2)N1. The molecule has 0 spiro atoms. The van der Waals surface area contributed by atoms with E-state index in [1.807, 2.05) is 0 Å². The Hall–Kier alpha value is -0.610. The fraction of sp³-hybridized carbons (Fsp3) is 0.929. The highest BCUT2D eigenvalue weighted by Crippen LogP contribution is 2.53. The van der Waals surface area contributed by atoms with E-state index in [-0.39, 0.29) is 17.5 Å². The number of carbonyl (C=O) groups is 1. The van der Waals surface area contributed by atoms with Crippen molar-refractivity contribution in [2.45, 2.75) is 43.7 Å². The second-order valence-corrected chi connectivity index (χ2v) is 7.04. The Kier molecular flexibility index (Phi) is 2.31. The second-order valence-electron chi connectivity index (χ2n) is 7.04. The number of likely N-dealkylation sites (tertiary alicyclic amines) is 1. The molecule has 2 aliphatic heterocycles. The minimum Gasteiger partial charge on any atom is -0.368 e. The molecule has 4 fully saturated rings. The van der Waals surface area contributed by atoms with Crippen molar-refractivity contribution in [1.82, 2.24) is 10.2 Å². The number of rotatable bonds is 3. The molecule has 1 amide bonds. The van der Waals surface area contributed by atoms with Gasteiger partial charge < -0.3 is 10.6 Å². The molecule has 18 heavy (non-hydrogen) atoms. The lowest BCUT2D eigenvalue weighted by Crippen LogP contribution is -2.48. The number of nitrogens with two attached hydrogens (primary N) is 1. The number of hydrogen-bond acceptors (Lipinski definition) is 3. The monoisotopic (exact) mass is 249 g/mol. The van der Waals surface area contributed by atoms with E-state index in [9.17, 15) is 4.79 Å². The smallest absolute Gasteiger partial charge is 0.234 e. The van der Waals surface area contributed by atoms with Gasteiger partial charge in [-0.05, 0) is 43.4 Å². The van der Waals surface area contributed by atoms with Crippen LogP contribution in [0.4, 0.5) is 0 Å². The van der Waals surface area contributed by atoms with Gasteiger partial charge in [-0.2, -0.15) is 0 Å². The van der Waals surface area contributed by atoms with Gasteiger partial charge in [0.15, 0.2) is 0 Å². The standard InChI is InChI=1S/C14H23N3O/c15-13(18)12-4-11-5-14(11,16-12)8-17-6-9-2-1-3-10(9)7-17/h9-12,16H,1-8H2,(H2,15,18)/t9-,10+,11?,12?,14?. The van der Waals surface area contributed by atoms with Gasteiger partial charge in [-0.25, -0.2) is 0 Å². The highest BCUT2D eigenvalue weighted by Gasteiger charge is 2.61. The second kappa shape index (κ2) is 3.70. The summed E-state index contributed by atoms with van der Waals surface area (Å²) in [5, 5.41) is 3.52. The fourth-order valence-corrected chi connectivity index (χ4v) is 4.84. The van der Waals surface area contributed by atoms with Crippen LogP contribution in [0.2, 0.25) is 0 Å². The van der Waals surface area contributed by atoms with Crippen molar-refractivity contribution >= 4 is 5.91 Å². The van der Waals surface area contributed by atoms with E-state index in [2.05, 4.69) is 10.2 Å². The third kappa shape index (κ3) is 1.62. The summed E-state index contributed by atoms with van der Waals surface area (Å²) in [6.45, 7) is 3.73. The molecular formula is C14H23N3O. The van der Waals surface area contributed by atoms with Gasteiger partial charge in [-0.15, -0.1) is 0 Å². The van der Waals surface area contributed by atoms with Crippen LogP contribution in [0, 0.1) is 17.8 Å². The predicted molar refractivity (Wildman–Crippen MR) is 68.8 cm³/mol. The maximum absolute atomic E-state index is 11.3. The molecule has 5 atom stereocenters. The molecule has 0 aromatic rings. The molecule has 3 N–H and O–H groups in total. The number of nitrogens with one attached hydrogen (secondary N) is 1. The van der Waals surface area contributed by atoms with E-state index in [0.29, 0.717) is 5.92 Å². The number of hydrogen-bond donors (Lipinski definition) is 2. The number of piperidine rings is 1. The van der Waals surface area contributed by atoms with Gasteiger partial charge in [0.25, 0.3) is 0 Å². The maximum Gasteiger partial charge on any atom is 0.234 e. The zero-order chi connectivity index (χ0) is 12.3. The first-order valence-electron chi connectivity index (χ1n) is 7.46. The molecular weight excluding hydrogens is 226 g/mol. The van der Waals surface area contributed by atoms with Gasteiger partial charge in [-0.1, -0.05) is 6.42 Å². The van der Waals surface area contributed by atoms with Gasteiger partial charge >= 0.3 is 0 Å².